The normalized spacial score (nSPS) is 9.94. The molecular formula is C9H7Br2NO4. The summed E-state index contributed by atoms with van der Waals surface area (Å²) in [4.78, 5) is 21.7. The number of ketones is 1. The number of Topliss-reactive ketones (excluding diaryl/α,β-unsaturated/α-hetero) is 1. The predicted octanol–water partition coefficient (Wildman–Crippen LogP) is 2.94. The van der Waals surface area contributed by atoms with Crippen molar-refractivity contribution in [3.05, 3.63) is 32.3 Å². The second-order valence-corrected chi connectivity index (χ2v) is 4.18. The first-order valence-electron chi connectivity index (χ1n) is 4.12. The van der Waals surface area contributed by atoms with Crippen molar-refractivity contribution in [2.75, 3.05) is 12.4 Å². The maximum Gasteiger partial charge on any atom is 0.287 e. The van der Waals surface area contributed by atoms with E-state index in [1.165, 1.54) is 19.2 Å². The standard InChI is InChI=1S/C9H7Br2NO4/c1-16-5-2-6(8(13)4-10)9(11)7(3-5)12(14)15/h2-3H,4H2,1H3. The molecule has 0 atom stereocenters. The molecule has 5 nitrogen and oxygen atoms in total. The van der Waals surface area contributed by atoms with Gasteiger partial charge in [-0.3, -0.25) is 14.9 Å². The third kappa shape index (κ3) is 2.59. The van der Waals surface area contributed by atoms with E-state index in [0.717, 1.165) is 0 Å². The van der Waals surface area contributed by atoms with Gasteiger partial charge in [0.15, 0.2) is 5.78 Å². The van der Waals surface area contributed by atoms with E-state index in [4.69, 9.17) is 4.74 Å². The Morgan fingerprint density at radius 2 is 2.19 bits per heavy atom. The third-order valence-corrected chi connectivity index (χ3v) is 3.22. The molecule has 0 heterocycles. The van der Waals surface area contributed by atoms with Gasteiger partial charge >= 0.3 is 0 Å². The fraction of sp³-hybridized carbons (Fsp3) is 0.222. The molecule has 0 spiro atoms. The molecule has 0 unspecified atom stereocenters. The first kappa shape index (κ1) is 13.1. The number of carbonyl (C=O) groups excluding carboxylic acids is 1. The van der Waals surface area contributed by atoms with Gasteiger partial charge in [0.05, 0.1) is 23.4 Å². The molecule has 1 aromatic carbocycles. The zero-order valence-corrected chi connectivity index (χ0v) is 11.4. The average Bonchev–Trinajstić information content (AvgIpc) is 2.28. The Morgan fingerprint density at radius 3 is 2.62 bits per heavy atom. The van der Waals surface area contributed by atoms with Crippen molar-refractivity contribution >= 4 is 43.3 Å². The van der Waals surface area contributed by atoms with Crippen LogP contribution in [0.15, 0.2) is 16.6 Å². The van der Waals surface area contributed by atoms with Crippen molar-refractivity contribution in [3.8, 4) is 5.75 Å². The van der Waals surface area contributed by atoms with Gasteiger partial charge in [0, 0.05) is 5.56 Å². The van der Waals surface area contributed by atoms with Crippen molar-refractivity contribution in [2.45, 2.75) is 0 Å². The molecule has 0 amide bonds. The summed E-state index contributed by atoms with van der Waals surface area (Å²) < 4.78 is 5.07. The van der Waals surface area contributed by atoms with Crippen molar-refractivity contribution in [1.82, 2.24) is 0 Å². The molecule has 0 saturated heterocycles. The molecule has 0 saturated carbocycles. The maximum atomic E-state index is 11.5. The van der Waals surface area contributed by atoms with Gasteiger partial charge in [-0.2, -0.15) is 0 Å². The molecule has 16 heavy (non-hydrogen) atoms. The molecule has 1 aromatic rings. The van der Waals surface area contributed by atoms with E-state index in [1.54, 1.807) is 0 Å². The quantitative estimate of drug-likeness (QED) is 0.361. The largest absolute Gasteiger partial charge is 0.496 e. The highest BCUT2D eigenvalue weighted by Gasteiger charge is 2.21. The molecule has 0 aliphatic carbocycles. The molecule has 0 fully saturated rings. The monoisotopic (exact) mass is 351 g/mol. The van der Waals surface area contributed by atoms with Crippen LogP contribution in [0.1, 0.15) is 10.4 Å². The molecule has 0 aliphatic rings. The third-order valence-electron chi connectivity index (χ3n) is 1.88. The number of nitrogens with zero attached hydrogens (tertiary/aromatic N) is 1. The summed E-state index contributed by atoms with van der Waals surface area (Å²) in [6.07, 6.45) is 0. The number of hydrogen-bond donors (Lipinski definition) is 0. The molecule has 0 radical (unpaired) electrons. The lowest BCUT2D eigenvalue weighted by Crippen LogP contribution is -2.04. The molecule has 0 bridgehead atoms. The van der Waals surface area contributed by atoms with Gasteiger partial charge < -0.3 is 4.74 Å². The summed E-state index contributed by atoms with van der Waals surface area (Å²) in [7, 11) is 1.38. The van der Waals surface area contributed by atoms with Crippen LogP contribution in [0.4, 0.5) is 5.69 Å². The average molecular weight is 353 g/mol. The van der Waals surface area contributed by atoms with Gasteiger partial charge in [-0.15, -0.1) is 0 Å². The lowest BCUT2D eigenvalue weighted by molar-refractivity contribution is -0.385. The number of benzene rings is 1. The fourth-order valence-corrected chi connectivity index (χ4v) is 2.01. The van der Waals surface area contributed by atoms with Gasteiger partial charge in [-0.1, -0.05) is 15.9 Å². The number of nitro benzene ring substituents is 1. The van der Waals surface area contributed by atoms with Crippen molar-refractivity contribution in [3.63, 3.8) is 0 Å². The van der Waals surface area contributed by atoms with Crippen LogP contribution in [0.3, 0.4) is 0 Å². The van der Waals surface area contributed by atoms with Crippen LogP contribution in [0.2, 0.25) is 0 Å². The number of rotatable bonds is 4. The Kier molecular flexibility index (Phi) is 4.43. The van der Waals surface area contributed by atoms with Gasteiger partial charge in [-0.25, -0.2) is 0 Å². The molecule has 0 N–H and O–H groups in total. The molecular weight excluding hydrogens is 346 g/mol. The first-order valence-corrected chi connectivity index (χ1v) is 6.03. The Bertz CT molecular complexity index is 447. The van der Waals surface area contributed by atoms with Crippen LogP contribution in [0.5, 0.6) is 5.75 Å². The van der Waals surface area contributed by atoms with Crippen molar-refractivity contribution < 1.29 is 14.5 Å². The summed E-state index contributed by atoms with van der Waals surface area (Å²) in [5.41, 5.74) is 0.0339. The minimum Gasteiger partial charge on any atom is -0.496 e. The number of methoxy groups -OCH3 is 1. The van der Waals surface area contributed by atoms with Crippen LogP contribution < -0.4 is 4.74 Å². The Morgan fingerprint density at radius 1 is 1.56 bits per heavy atom. The number of alkyl halides is 1. The van der Waals surface area contributed by atoms with Crippen LogP contribution in [0, 0.1) is 10.1 Å². The highest BCUT2D eigenvalue weighted by atomic mass is 79.9. The minimum atomic E-state index is -0.572. The Balaban J connectivity index is 3.43. The van der Waals surface area contributed by atoms with E-state index in [0.29, 0.717) is 0 Å². The van der Waals surface area contributed by atoms with Crippen LogP contribution in [0.25, 0.3) is 0 Å². The van der Waals surface area contributed by atoms with E-state index in [9.17, 15) is 14.9 Å². The van der Waals surface area contributed by atoms with Crippen LogP contribution in [-0.2, 0) is 0 Å². The smallest absolute Gasteiger partial charge is 0.287 e. The summed E-state index contributed by atoms with van der Waals surface area (Å²) in [6.45, 7) is 0. The van der Waals surface area contributed by atoms with Crippen LogP contribution >= 0.6 is 31.9 Å². The summed E-state index contributed by atoms with van der Waals surface area (Å²) >= 11 is 6.06. The molecule has 0 aromatic heterocycles. The molecule has 7 heteroatoms. The van der Waals surface area contributed by atoms with E-state index in [1.807, 2.05) is 0 Å². The lowest BCUT2D eigenvalue weighted by atomic mass is 10.1. The fourth-order valence-electron chi connectivity index (χ4n) is 1.11. The van der Waals surface area contributed by atoms with Gasteiger partial charge in [0.1, 0.15) is 10.2 Å². The van der Waals surface area contributed by atoms with E-state index in [-0.39, 0.29) is 32.6 Å². The Labute approximate surface area is 108 Å². The van der Waals surface area contributed by atoms with E-state index >= 15 is 0 Å². The SMILES string of the molecule is COc1cc(C(=O)CBr)c(Br)c([N+](=O)[O-])c1. The highest BCUT2D eigenvalue weighted by Crippen LogP contribution is 2.33. The Hall–Kier alpha value is -0.950. The van der Waals surface area contributed by atoms with Gasteiger partial charge in [0.2, 0.25) is 0 Å². The van der Waals surface area contributed by atoms with Gasteiger partial charge in [-0.05, 0) is 22.0 Å². The molecule has 86 valence electrons. The van der Waals surface area contributed by atoms with Crippen molar-refractivity contribution in [1.29, 1.82) is 0 Å². The second kappa shape index (κ2) is 5.40. The molecule has 0 aliphatic heterocycles. The van der Waals surface area contributed by atoms with E-state index in [2.05, 4.69) is 31.9 Å². The first-order chi connectivity index (χ1) is 7.51. The maximum absolute atomic E-state index is 11.5. The number of halogens is 2. The number of ether oxygens (including phenoxy) is 1. The second-order valence-electron chi connectivity index (χ2n) is 2.82. The summed E-state index contributed by atoms with van der Waals surface area (Å²) in [5, 5.41) is 10.8. The number of carbonyl (C=O) groups is 1. The zero-order valence-electron chi connectivity index (χ0n) is 8.20. The topological polar surface area (TPSA) is 69.4 Å². The predicted molar refractivity (Wildman–Crippen MR) is 65.5 cm³/mol. The van der Waals surface area contributed by atoms with Crippen molar-refractivity contribution in [2.24, 2.45) is 0 Å². The van der Waals surface area contributed by atoms with E-state index < -0.39 is 4.92 Å². The summed E-state index contributed by atoms with van der Waals surface area (Å²) in [5.74, 6) is 0.0214. The summed E-state index contributed by atoms with van der Waals surface area (Å²) in [6, 6.07) is 2.72. The highest BCUT2D eigenvalue weighted by molar-refractivity contribution is 9.10. The minimum absolute atomic E-state index is 0.0932. The lowest BCUT2D eigenvalue weighted by Gasteiger charge is -2.06. The number of nitro groups is 1. The number of hydrogen-bond acceptors (Lipinski definition) is 4. The van der Waals surface area contributed by atoms with Crippen LogP contribution in [-0.4, -0.2) is 23.1 Å². The molecule has 1 rings (SSSR count). The van der Waals surface area contributed by atoms with Gasteiger partial charge in [0.25, 0.3) is 5.69 Å². The zero-order chi connectivity index (χ0) is 12.3.